The number of hydrogen-bond acceptors (Lipinski definition) is 11. The van der Waals surface area contributed by atoms with Gasteiger partial charge in [0.05, 0.1) is 34.8 Å². The van der Waals surface area contributed by atoms with E-state index in [4.69, 9.17) is 19.4 Å². The minimum absolute atomic E-state index is 0. The summed E-state index contributed by atoms with van der Waals surface area (Å²) >= 11 is 1.42. The van der Waals surface area contributed by atoms with E-state index >= 15 is 0 Å². The highest BCUT2D eigenvalue weighted by molar-refractivity contribution is 7.59. The highest BCUT2D eigenvalue weighted by Gasteiger charge is 2.43. The number of likely N-dealkylation sites (tertiary alicyclic amines) is 2. The zero-order chi connectivity index (χ0) is 50.1. The summed E-state index contributed by atoms with van der Waals surface area (Å²) < 4.78 is 14.3. The van der Waals surface area contributed by atoms with Crippen LogP contribution in [-0.4, -0.2) is 136 Å². The van der Waals surface area contributed by atoms with E-state index in [1.54, 1.807) is 25.3 Å². The van der Waals surface area contributed by atoms with E-state index in [1.807, 2.05) is 37.1 Å². The number of amides is 5. The first-order valence-corrected chi connectivity index (χ1v) is 25.9. The lowest BCUT2D eigenvalue weighted by Gasteiger charge is -2.48. The number of nitrogens with one attached hydrogen (secondary N) is 2. The molecule has 0 aliphatic carbocycles. The van der Waals surface area contributed by atoms with Crippen molar-refractivity contribution in [2.75, 3.05) is 53.5 Å². The third kappa shape index (κ3) is 13.1. The van der Waals surface area contributed by atoms with E-state index < -0.39 is 41.3 Å². The molecular formula is C53H79N9O7S5. The minimum atomic E-state index is -1.07. The molecule has 16 nitrogen and oxygen atoms in total. The molecule has 8 rings (SSSR count). The summed E-state index contributed by atoms with van der Waals surface area (Å²) in [6, 6.07) is 7.44. The second kappa shape index (κ2) is 26.2. The molecule has 5 amide bonds. The van der Waals surface area contributed by atoms with Gasteiger partial charge >= 0.3 is 12.0 Å². The maximum Gasteiger partial charge on any atom is 0.324 e. The Hall–Kier alpha value is -4.25. The molecule has 1 spiro atoms. The summed E-state index contributed by atoms with van der Waals surface area (Å²) in [6.45, 7) is 19.3. The maximum atomic E-state index is 14.7. The van der Waals surface area contributed by atoms with Crippen molar-refractivity contribution < 1.29 is 33.4 Å². The van der Waals surface area contributed by atoms with Gasteiger partial charge in [-0.2, -0.15) is 54.0 Å². The van der Waals surface area contributed by atoms with E-state index in [0.717, 1.165) is 70.4 Å². The summed E-state index contributed by atoms with van der Waals surface area (Å²) in [5.41, 5.74) is 9.27. The molecule has 4 atom stereocenters. The molecule has 3 aromatic heterocycles. The van der Waals surface area contributed by atoms with Crippen molar-refractivity contribution in [2.45, 2.75) is 124 Å². The number of aromatic nitrogens is 3. The lowest BCUT2D eigenvalue weighted by atomic mass is 9.72. The third-order valence-electron chi connectivity index (χ3n) is 15.0. The number of likely N-dealkylation sites (N-methyl/N-ethyl adjacent to an activating group) is 1. The number of benzene rings is 1. The van der Waals surface area contributed by atoms with Gasteiger partial charge in [0, 0.05) is 98.9 Å². The number of cyclic esters (lactones) is 1. The van der Waals surface area contributed by atoms with Crippen LogP contribution in [0.3, 0.4) is 0 Å². The quantitative estimate of drug-likeness (QED) is 0.126. The Bertz CT molecular complexity index is 2630. The van der Waals surface area contributed by atoms with Crippen LogP contribution >= 0.6 is 65.3 Å². The van der Waals surface area contributed by atoms with E-state index in [1.165, 1.54) is 27.3 Å². The van der Waals surface area contributed by atoms with Crippen molar-refractivity contribution in [1.82, 2.24) is 45.0 Å². The van der Waals surface area contributed by atoms with Crippen LogP contribution in [0.4, 0.5) is 4.79 Å². The molecule has 4 aromatic rings. The van der Waals surface area contributed by atoms with Crippen molar-refractivity contribution in [1.29, 1.82) is 0 Å². The number of nitrogens with zero attached hydrogens (tertiary/aromatic N) is 7. The van der Waals surface area contributed by atoms with Gasteiger partial charge in [0.25, 0.3) is 5.91 Å². The molecule has 4 aliphatic heterocycles. The summed E-state index contributed by atoms with van der Waals surface area (Å²) in [7, 11) is 3.34. The molecular weight excluding hydrogens is 1030 g/mol. The fraction of sp³-hybridized carbons (Fsp3) is 0.566. The number of methoxy groups -OCH3 is 1. The molecule has 21 heteroatoms. The Morgan fingerprint density at radius 3 is 2.43 bits per heavy atom. The van der Waals surface area contributed by atoms with Gasteiger partial charge in [-0.25, -0.2) is 15.2 Å². The van der Waals surface area contributed by atoms with Gasteiger partial charge in [0.1, 0.15) is 18.1 Å². The van der Waals surface area contributed by atoms with Gasteiger partial charge in [-0.15, -0.1) is 11.3 Å². The number of aryl methyl sites for hydroxylation is 1. The van der Waals surface area contributed by atoms with Crippen LogP contribution in [0.15, 0.2) is 54.6 Å². The molecule has 74 heavy (non-hydrogen) atoms. The van der Waals surface area contributed by atoms with Crippen LogP contribution in [0.25, 0.3) is 33.4 Å². The van der Waals surface area contributed by atoms with Crippen molar-refractivity contribution in [2.24, 2.45) is 16.7 Å². The first kappa shape index (κ1) is 62.3. The number of ether oxygens (including phenoxy) is 2. The van der Waals surface area contributed by atoms with E-state index in [0.29, 0.717) is 63.5 Å². The summed E-state index contributed by atoms with van der Waals surface area (Å²) in [4.78, 5) is 85.2. The van der Waals surface area contributed by atoms with E-state index in [-0.39, 0.29) is 96.4 Å². The number of esters is 1. The number of pyridine rings is 1. The molecule has 0 radical (unpaired) electrons. The molecule has 6 bridgehead atoms. The van der Waals surface area contributed by atoms with Crippen LogP contribution in [0.1, 0.15) is 102 Å². The number of fused-ring (bicyclic) bond motifs is 6. The predicted octanol–water partition coefficient (Wildman–Crippen LogP) is 7.62. The number of rotatable bonds is 9. The molecule has 3 saturated heterocycles. The number of thiazole rings is 1. The normalized spacial score (nSPS) is 20.4. The topological polar surface area (TPSA) is 172 Å². The molecule has 4 aliphatic rings. The first-order chi connectivity index (χ1) is 33.5. The third-order valence-corrected chi connectivity index (χ3v) is 15.9. The van der Waals surface area contributed by atoms with Crippen molar-refractivity contribution in [3.05, 3.63) is 70.8 Å². The van der Waals surface area contributed by atoms with E-state index in [9.17, 15) is 24.0 Å². The van der Waals surface area contributed by atoms with Crippen LogP contribution < -0.4 is 10.7 Å². The number of urea groups is 1. The summed E-state index contributed by atoms with van der Waals surface area (Å²) in [6.07, 6.45) is 8.02. The predicted molar refractivity (Wildman–Crippen MR) is 312 cm³/mol. The zero-order valence-electron chi connectivity index (χ0n) is 44.2. The van der Waals surface area contributed by atoms with Gasteiger partial charge in [-0.3, -0.25) is 29.2 Å². The molecule has 2 N–H and O–H groups in total. The number of hydrogen-bond donors (Lipinski definition) is 2. The van der Waals surface area contributed by atoms with Gasteiger partial charge in [0.2, 0.25) is 11.8 Å². The number of hydrazine groups is 1. The molecule has 0 saturated carbocycles. The fourth-order valence-electron chi connectivity index (χ4n) is 11.2. The monoisotopic (exact) mass is 1110 g/mol. The Balaban J connectivity index is 0.00000296. The molecule has 1 aromatic carbocycles. The highest BCUT2D eigenvalue weighted by atomic mass is 32.1. The fourth-order valence-corrected chi connectivity index (χ4v) is 12.0. The minimum Gasteiger partial charge on any atom is -0.464 e. The van der Waals surface area contributed by atoms with Crippen molar-refractivity contribution >= 4 is 106 Å². The smallest absolute Gasteiger partial charge is 0.324 e. The van der Waals surface area contributed by atoms with E-state index in [2.05, 4.69) is 66.9 Å². The lowest BCUT2D eigenvalue weighted by Crippen LogP contribution is -2.62. The highest BCUT2D eigenvalue weighted by Crippen LogP contribution is 2.43. The average Bonchev–Trinajstić information content (AvgIpc) is 3.95. The number of piperidine rings is 2. The number of carbonyl (C=O) groups excluding carboxylic acids is 5. The second-order valence-corrected chi connectivity index (χ2v) is 21.9. The Kier molecular flexibility index (Phi) is 22.1. The molecule has 0 unspecified atom stereocenters. The Morgan fingerprint density at radius 2 is 1.76 bits per heavy atom. The average molecular weight is 1110 g/mol. The van der Waals surface area contributed by atoms with Crippen LogP contribution in [0.2, 0.25) is 0 Å². The Labute approximate surface area is 468 Å². The largest absolute Gasteiger partial charge is 0.464 e. The summed E-state index contributed by atoms with van der Waals surface area (Å²) in [5, 5.41) is 8.20. The number of carbonyl (C=O) groups is 5. The zero-order valence-corrected chi connectivity index (χ0v) is 49.0. The van der Waals surface area contributed by atoms with Crippen LogP contribution in [0, 0.1) is 16.7 Å². The van der Waals surface area contributed by atoms with Crippen molar-refractivity contribution in [3.63, 3.8) is 0 Å². The SMILES string of the molecule is C=CC(=O)N1CCCC2(CCN(C(=O)N(C)[C@H](C(=O)N[C@H]3Cc4nc(cs4)-c4ccc5c(c4)c(c(-c4cccnc4[C@H](C)OC)n5CC)CC(C)(C)COC(=O)[C@@H]4CCCN(N4)C3=O)C(C)C)CC2)C1.S.S.S.S. The van der Waals surface area contributed by atoms with Gasteiger partial charge in [0.15, 0.2) is 0 Å². The lowest BCUT2D eigenvalue weighted by molar-refractivity contribution is -0.155. The van der Waals surface area contributed by atoms with Gasteiger partial charge < -0.3 is 34.1 Å². The molecule has 408 valence electrons. The van der Waals surface area contributed by atoms with Crippen LogP contribution in [-0.2, 0) is 48.0 Å². The summed E-state index contributed by atoms with van der Waals surface area (Å²) in [5.74, 6) is -1.67. The van der Waals surface area contributed by atoms with Crippen molar-refractivity contribution in [3.8, 4) is 22.5 Å². The van der Waals surface area contributed by atoms with Gasteiger partial charge in [-0.05, 0) is 106 Å². The Morgan fingerprint density at radius 1 is 1.03 bits per heavy atom. The maximum absolute atomic E-state index is 14.7. The standard InChI is InChI=1S/C53H71N9O7S.4H2S/c1-10-44(63)60-23-14-19-53(31-60)20-25-59(26-21-53)51(67)58(8)46(33(3)4)48(64)56-40-28-43-55-41(30-70-43)35-17-18-42-37(27-35)38(47(61(42)11-2)36-15-12-22-54-45(36)34(5)68-9)29-52(6,7)32-69-50(66)39-16-13-24-62(57-39)49(40)65;;;;/h10,12,15,17-18,22,27,30,33-34,39-40,46,57H,1,11,13-14,16,19-21,23-26,28-29,31-32H2,2-9H3,(H,56,64);4*1H2/t34-,39-,40-,46-;;;;/m0..../s1. The van der Waals surface area contributed by atoms with Crippen LogP contribution in [0.5, 0.6) is 0 Å². The second-order valence-electron chi connectivity index (χ2n) is 20.9. The molecule has 3 fully saturated rings. The van der Waals surface area contributed by atoms with Gasteiger partial charge in [-0.1, -0.05) is 40.3 Å². The molecule has 7 heterocycles. The first-order valence-electron chi connectivity index (χ1n) is 25.0.